The van der Waals surface area contributed by atoms with E-state index in [1.165, 1.54) is 10.1 Å². The predicted octanol–water partition coefficient (Wildman–Crippen LogP) is 4.45. The lowest BCUT2D eigenvalue weighted by Gasteiger charge is -2.09. The SMILES string of the molecule is O=Cc1ncc(Br)cc1OCc1cccc2ccsc12. The molecule has 100 valence electrons. The van der Waals surface area contributed by atoms with E-state index in [9.17, 15) is 4.79 Å². The van der Waals surface area contributed by atoms with Gasteiger partial charge in [0.25, 0.3) is 0 Å². The van der Waals surface area contributed by atoms with Gasteiger partial charge in [0, 0.05) is 20.9 Å². The highest BCUT2D eigenvalue weighted by molar-refractivity contribution is 9.10. The molecule has 0 radical (unpaired) electrons. The fourth-order valence-corrected chi connectivity index (χ4v) is 3.17. The summed E-state index contributed by atoms with van der Waals surface area (Å²) in [6.07, 6.45) is 2.28. The van der Waals surface area contributed by atoms with Crippen LogP contribution in [0.1, 0.15) is 16.1 Å². The zero-order valence-electron chi connectivity index (χ0n) is 10.4. The van der Waals surface area contributed by atoms with Crippen LogP contribution in [0.3, 0.4) is 0 Å². The van der Waals surface area contributed by atoms with E-state index in [0.717, 1.165) is 10.0 Å². The average Bonchev–Trinajstić information content (AvgIpc) is 2.94. The minimum Gasteiger partial charge on any atom is -0.486 e. The average molecular weight is 348 g/mol. The Hall–Kier alpha value is -1.72. The molecule has 2 aromatic heterocycles. The van der Waals surface area contributed by atoms with Crippen LogP contribution in [-0.4, -0.2) is 11.3 Å². The van der Waals surface area contributed by atoms with Crippen molar-refractivity contribution in [2.24, 2.45) is 0 Å². The number of carbonyl (C=O) groups excluding carboxylic acids is 1. The van der Waals surface area contributed by atoms with Crippen molar-refractivity contribution in [3.8, 4) is 5.75 Å². The Morgan fingerprint density at radius 1 is 1.35 bits per heavy atom. The van der Waals surface area contributed by atoms with Crippen LogP contribution in [0.5, 0.6) is 5.75 Å². The highest BCUT2D eigenvalue weighted by atomic mass is 79.9. The number of nitrogens with zero attached hydrogens (tertiary/aromatic N) is 1. The van der Waals surface area contributed by atoms with Gasteiger partial charge in [-0.15, -0.1) is 11.3 Å². The van der Waals surface area contributed by atoms with Crippen molar-refractivity contribution in [1.82, 2.24) is 4.98 Å². The molecule has 0 spiro atoms. The lowest BCUT2D eigenvalue weighted by molar-refractivity contribution is 0.111. The third-order valence-corrected chi connectivity index (χ3v) is 4.34. The van der Waals surface area contributed by atoms with Gasteiger partial charge in [0.2, 0.25) is 0 Å². The first-order valence-corrected chi connectivity index (χ1v) is 7.64. The minimum atomic E-state index is 0.312. The van der Waals surface area contributed by atoms with E-state index < -0.39 is 0 Å². The highest BCUT2D eigenvalue weighted by Gasteiger charge is 2.08. The van der Waals surface area contributed by atoms with Crippen LogP contribution in [0.4, 0.5) is 0 Å². The standard InChI is InChI=1S/C15H10BrNO2S/c16-12-6-14(13(8-18)17-7-12)19-9-11-3-1-2-10-4-5-20-15(10)11/h1-8H,9H2. The van der Waals surface area contributed by atoms with E-state index in [2.05, 4.69) is 38.4 Å². The molecule has 0 N–H and O–H groups in total. The van der Waals surface area contributed by atoms with Gasteiger partial charge in [-0.1, -0.05) is 18.2 Å². The Morgan fingerprint density at radius 2 is 2.25 bits per heavy atom. The Bertz CT molecular complexity index is 769. The van der Waals surface area contributed by atoms with E-state index in [1.807, 2.05) is 12.1 Å². The molecule has 3 aromatic rings. The molecule has 0 bridgehead atoms. The Balaban J connectivity index is 1.88. The first-order chi connectivity index (χ1) is 9.78. The van der Waals surface area contributed by atoms with Crippen LogP contribution in [0.15, 0.2) is 46.4 Å². The number of halogens is 1. The molecule has 3 rings (SSSR count). The first kappa shape index (κ1) is 13.3. The van der Waals surface area contributed by atoms with Crippen LogP contribution >= 0.6 is 27.3 Å². The van der Waals surface area contributed by atoms with Gasteiger partial charge in [0.1, 0.15) is 18.1 Å². The first-order valence-electron chi connectivity index (χ1n) is 5.96. The van der Waals surface area contributed by atoms with E-state index in [4.69, 9.17) is 4.74 Å². The van der Waals surface area contributed by atoms with Crippen molar-refractivity contribution >= 4 is 43.6 Å². The number of rotatable bonds is 4. The maximum Gasteiger partial charge on any atom is 0.172 e. The molecule has 2 heterocycles. The van der Waals surface area contributed by atoms with Gasteiger partial charge in [-0.05, 0) is 38.8 Å². The summed E-state index contributed by atoms with van der Waals surface area (Å²) in [6.45, 7) is 0.414. The van der Waals surface area contributed by atoms with Gasteiger partial charge in [-0.2, -0.15) is 0 Å². The third-order valence-electron chi connectivity index (χ3n) is 2.90. The zero-order valence-corrected chi connectivity index (χ0v) is 12.8. The molecule has 5 heteroatoms. The molecule has 0 aliphatic heterocycles. The van der Waals surface area contributed by atoms with Crippen LogP contribution in [0.2, 0.25) is 0 Å². The normalized spacial score (nSPS) is 10.7. The van der Waals surface area contributed by atoms with Crippen molar-refractivity contribution in [3.05, 3.63) is 57.6 Å². The van der Waals surface area contributed by atoms with E-state index >= 15 is 0 Å². The highest BCUT2D eigenvalue weighted by Crippen LogP contribution is 2.27. The van der Waals surface area contributed by atoms with Crippen LogP contribution < -0.4 is 4.74 Å². The molecule has 0 atom stereocenters. The van der Waals surface area contributed by atoms with Crippen LogP contribution in [0.25, 0.3) is 10.1 Å². The van der Waals surface area contributed by atoms with E-state index in [1.54, 1.807) is 23.6 Å². The van der Waals surface area contributed by atoms with Gasteiger partial charge in [-0.3, -0.25) is 4.79 Å². The number of hydrogen-bond donors (Lipinski definition) is 0. The van der Waals surface area contributed by atoms with Crippen molar-refractivity contribution in [3.63, 3.8) is 0 Å². The monoisotopic (exact) mass is 347 g/mol. The number of carbonyl (C=O) groups is 1. The van der Waals surface area contributed by atoms with Crippen molar-refractivity contribution < 1.29 is 9.53 Å². The van der Waals surface area contributed by atoms with E-state index in [-0.39, 0.29) is 0 Å². The molecule has 20 heavy (non-hydrogen) atoms. The maximum absolute atomic E-state index is 11.0. The van der Waals surface area contributed by atoms with Gasteiger partial charge in [0.15, 0.2) is 6.29 Å². The molecule has 0 aliphatic rings. The number of aromatic nitrogens is 1. The summed E-state index contributed by atoms with van der Waals surface area (Å²) in [5.74, 6) is 0.489. The van der Waals surface area contributed by atoms with Gasteiger partial charge in [-0.25, -0.2) is 4.98 Å². The lowest BCUT2D eigenvalue weighted by Crippen LogP contribution is -2.00. The number of aldehydes is 1. The number of ether oxygens (including phenoxy) is 1. The Kier molecular flexibility index (Phi) is 3.80. The fraction of sp³-hybridized carbons (Fsp3) is 0.0667. The summed E-state index contributed by atoms with van der Waals surface area (Å²) < 4.78 is 7.75. The summed E-state index contributed by atoms with van der Waals surface area (Å²) in [4.78, 5) is 15.0. The molecular formula is C15H10BrNO2S. The fourth-order valence-electron chi connectivity index (χ4n) is 1.96. The van der Waals surface area contributed by atoms with Crippen molar-refractivity contribution in [2.45, 2.75) is 6.61 Å². The second-order valence-corrected chi connectivity index (χ2v) is 6.03. The summed E-state index contributed by atoms with van der Waals surface area (Å²) in [5.41, 5.74) is 1.42. The second kappa shape index (κ2) is 5.73. The molecule has 0 saturated carbocycles. The van der Waals surface area contributed by atoms with E-state index in [0.29, 0.717) is 24.3 Å². The Labute approximate surface area is 128 Å². The molecule has 1 aromatic carbocycles. The number of fused-ring (bicyclic) bond motifs is 1. The second-order valence-electron chi connectivity index (χ2n) is 4.20. The number of hydrogen-bond acceptors (Lipinski definition) is 4. The summed E-state index contributed by atoms with van der Waals surface area (Å²) in [5, 5.41) is 3.27. The topological polar surface area (TPSA) is 39.2 Å². The van der Waals surface area contributed by atoms with Crippen LogP contribution in [0, 0.1) is 0 Å². The predicted molar refractivity (Wildman–Crippen MR) is 83.5 cm³/mol. The maximum atomic E-state index is 11.0. The number of thiophene rings is 1. The van der Waals surface area contributed by atoms with Crippen molar-refractivity contribution in [1.29, 1.82) is 0 Å². The van der Waals surface area contributed by atoms with Gasteiger partial charge < -0.3 is 4.74 Å². The number of benzene rings is 1. The molecule has 3 nitrogen and oxygen atoms in total. The summed E-state index contributed by atoms with van der Waals surface area (Å²) in [6, 6.07) is 9.96. The molecule has 0 aliphatic carbocycles. The molecule has 0 amide bonds. The minimum absolute atomic E-state index is 0.312. The Morgan fingerprint density at radius 3 is 3.10 bits per heavy atom. The summed E-state index contributed by atoms with van der Waals surface area (Å²) >= 11 is 5.02. The molecule has 0 saturated heterocycles. The van der Waals surface area contributed by atoms with Crippen molar-refractivity contribution in [2.75, 3.05) is 0 Å². The zero-order chi connectivity index (χ0) is 13.9. The molecule has 0 fully saturated rings. The quantitative estimate of drug-likeness (QED) is 0.654. The third kappa shape index (κ3) is 2.59. The van der Waals surface area contributed by atoms with Crippen LogP contribution in [-0.2, 0) is 6.61 Å². The largest absolute Gasteiger partial charge is 0.486 e. The lowest BCUT2D eigenvalue weighted by atomic mass is 10.2. The van der Waals surface area contributed by atoms with Gasteiger partial charge in [0.05, 0.1) is 0 Å². The number of pyridine rings is 1. The van der Waals surface area contributed by atoms with Gasteiger partial charge >= 0.3 is 0 Å². The summed E-state index contributed by atoms with van der Waals surface area (Å²) in [7, 11) is 0. The smallest absolute Gasteiger partial charge is 0.172 e. The molecule has 0 unspecified atom stereocenters. The molecular weight excluding hydrogens is 338 g/mol.